The van der Waals surface area contributed by atoms with Crippen LogP contribution in [0.3, 0.4) is 0 Å². The van der Waals surface area contributed by atoms with Gasteiger partial charge in [-0.05, 0) is 25.0 Å². The molecular formula is C16H16N6O. The molecule has 23 heavy (non-hydrogen) atoms. The fourth-order valence-corrected chi connectivity index (χ4v) is 3.04. The van der Waals surface area contributed by atoms with Gasteiger partial charge in [-0.25, -0.2) is 0 Å². The van der Waals surface area contributed by atoms with Crippen LogP contribution in [0.4, 0.5) is 5.82 Å². The van der Waals surface area contributed by atoms with Gasteiger partial charge < -0.3 is 10.6 Å². The van der Waals surface area contributed by atoms with Gasteiger partial charge in [0.15, 0.2) is 11.5 Å². The highest BCUT2D eigenvalue weighted by atomic mass is 16.1. The average molecular weight is 308 g/mol. The van der Waals surface area contributed by atoms with Crippen LogP contribution < -0.4 is 10.6 Å². The number of primary amides is 1. The van der Waals surface area contributed by atoms with E-state index < -0.39 is 0 Å². The first kappa shape index (κ1) is 13.7. The number of aromatic nitrogens is 4. The lowest BCUT2D eigenvalue weighted by atomic mass is 10.2. The van der Waals surface area contributed by atoms with E-state index in [1.54, 1.807) is 4.52 Å². The zero-order chi connectivity index (χ0) is 15.8. The Morgan fingerprint density at radius 2 is 1.96 bits per heavy atom. The maximum atomic E-state index is 11.6. The molecule has 1 amide bonds. The summed E-state index contributed by atoms with van der Waals surface area (Å²) in [5.41, 5.74) is 7.11. The van der Waals surface area contributed by atoms with E-state index in [2.05, 4.69) is 15.3 Å². The second-order valence-electron chi connectivity index (χ2n) is 5.60. The Morgan fingerprint density at radius 3 is 2.74 bits per heavy atom. The van der Waals surface area contributed by atoms with Gasteiger partial charge in [0.2, 0.25) is 5.91 Å². The third-order valence-corrected chi connectivity index (χ3v) is 4.16. The summed E-state index contributed by atoms with van der Waals surface area (Å²) in [5.74, 6) is 1.09. The average Bonchev–Trinajstić information content (AvgIpc) is 3.22. The minimum atomic E-state index is -0.309. The van der Waals surface area contributed by atoms with Crippen LogP contribution in [-0.2, 0) is 4.79 Å². The summed E-state index contributed by atoms with van der Waals surface area (Å²) in [6.45, 7) is 0.773. The highest BCUT2D eigenvalue weighted by Gasteiger charge is 2.30. The van der Waals surface area contributed by atoms with Crippen LogP contribution in [0.1, 0.15) is 12.8 Å². The van der Waals surface area contributed by atoms with Crippen molar-refractivity contribution in [2.45, 2.75) is 18.9 Å². The number of fused-ring (bicyclic) bond motifs is 1. The van der Waals surface area contributed by atoms with E-state index in [9.17, 15) is 4.79 Å². The molecular weight excluding hydrogens is 292 g/mol. The molecule has 1 aliphatic rings. The lowest BCUT2D eigenvalue weighted by Crippen LogP contribution is -2.40. The number of carbonyl (C=O) groups is 1. The Labute approximate surface area is 132 Å². The van der Waals surface area contributed by atoms with Crippen LogP contribution in [0, 0.1) is 0 Å². The number of nitrogens with two attached hydrogens (primary N) is 1. The molecule has 1 fully saturated rings. The second-order valence-corrected chi connectivity index (χ2v) is 5.60. The molecule has 116 valence electrons. The van der Waals surface area contributed by atoms with Crippen molar-refractivity contribution in [1.29, 1.82) is 0 Å². The van der Waals surface area contributed by atoms with Crippen molar-refractivity contribution in [3.8, 4) is 11.4 Å². The highest BCUT2D eigenvalue weighted by molar-refractivity contribution is 5.84. The van der Waals surface area contributed by atoms with Crippen molar-refractivity contribution in [2.24, 2.45) is 5.73 Å². The standard InChI is InChI=1S/C16H16N6O/c17-15(23)12-7-4-10-21(12)14-9-8-13-18-19-16(22(13)20-14)11-5-2-1-3-6-11/h1-3,5-6,8-9,12H,4,7,10H2,(H2,17,23)/t12-/m0/s1. The molecule has 7 nitrogen and oxygen atoms in total. The molecule has 1 atom stereocenters. The maximum Gasteiger partial charge on any atom is 0.240 e. The van der Waals surface area contributed by atoms with Crippen LogP contribution >= 0.6 is 0 Å². The summed E-state index contributed by atoms with van der Waals surface area (Å²) in [6.07, 6.45) is 1.70. The number of anilines is 1. The van der Waals surface area contributed by atoms with Gasteiger partial charge in [-0.15, -0.1) is 15.3 Å². The summed E-state index contributed by atoms with van der Waals surface area (Å²) >= 11 is 0. The molecule has 1 aliphatic heterocycles. The van der Waals surface area contributed by atoms with Gasteiger partial charge >= 0.3 is 0 Å². The van der Waals surface area contributed by atoms with Crippen molar-refractivity contribution >= 4 is 17.4 Å². The van der Waals surface area contributed by atoms with Gasteiger partial charge in [0.05, 0.1) is 0 Å². The monoisotopic (exact) mass is 308 g/mol. The van der Waals surface area contributed by atoms with E-state index in [1.165, 1.54) is 0 Å². The molecule has 0 saturated carbocycles. The fraction of sp³-hybridized carbons (Fsp3) is 0.250. The molecule has 1 saturated heterocycles. The number of rotatable bonds is 3. The maximum absolute atomic E-state index is 11.6. The van der Waals surface area contributed by atoms with Gasteiger partial charge in [0.1, 0.15) is 11.9 Å². The normalized spacial score (nSPS) is 17.7. The quantitative estimate of drug-likeness (QED) is 0.786. The van der Waals surface area contributed by atoms with E-state index in [0.717, 1.165) is 30.8 Å². The molecule has 0 unspecified atom stereocenters. The Morgan fingerprint density at radius 1 is 1.13 bits per heavy atom. The lowest BCUT2D eigenvalue weighted by Gasteiger charge is -2.22. The molecule has 2 aromatic heterocycles. The van der Waals surface area contributed by atoms with E-state index in [0.29, 0.717) is 11.5 Å². The molecule has 0 spiro atoms. The molecule has 3 heterocycles. The molecule has 1 aromatic carbocycles. The summed E-state index contributed by atoms with van der Waals surface area (Å²) in [6, 6.07) is 13.2. The topological polar surface area (TPSA) is 89.4 Å². The summed E-state index contributed by atoms with van der Waals surface area (Å²) in [7, 11) is 0. The Bertz CT molecular complexity index is 859. The Hall–Kier alpha value is -2.96. The third kappa shape index (κ3) is 2.30. The van der Waals surface area contributed by atoms with Crippen molar-refractivity contribution in [1.82, 2.24) is 19.8 Å². The predicted octanol–water partition coefficient (Wildman–Crippen LogP) is 1.25. The second kappa shape index (κ2) is 5.35. The first-order valence-corrected chi connectivity index (χ1v) is 7.58. The first-order valence-electron chi connectivity index (χ1n) is 7.58. The Kier molecular flexibility index (Phi) is 3.18. The highest BCUT2D eigenvalue weighted by Crippen LogP contribution is 2.25. The van der Waals surface area contributed by atoms with Crippen LogP contribution in [-0.4, -0.2) is 38.3 Å². The van der Waals surface area contributed by atoms with Crippen LogP contribution in [0.25, 0.3) is 17.0 Å². The van der Waals surface area contributed by atoms with Gasteiger partial charge in [0.25, 0.3) is 0 Å². The van der Waals surface area contributed by atoms with E-state index in [-0.39, 0.29) is 11.9 Å². The molecule has 0 aliphatic carbocycles. The number of amides is 1. The number of hydrogen-bond acceptors (Lipinski definition) is 5. The molecule has 0 bridgehead atoms. The van der Waals surface area contributed by atoms with Crippen molar-refractivity contribution in [2.75, 3.05) is 11.4 Å². The van der Waals surface area contributed by atoms with Crippen molar-refractivity contribution in [3.63, 3.8) is 0 Å². The summed E-state index contributed by atoms with van der Waals surface area (Å²) in [5, 5.41) is 13.0. The summed E-state index contributed by atoms with van der Waals surface area (Å²) in [4.78, 5) is 13.6. The van der Waals surface area contributed by atoms with Gasteiger partial charge in [0, 0.05) is 12.1 Å². The zero-order valence-corrected chi connectivity index (χ0v) is 12.5. The van der Waals surface area contributed by atoms with E-state index in [4.69, 9.17) is 5.73 Å². The lowest BCUT2D eigenvalue weighted by molar-refractivity contribution is -0.119. The molecule has 2 N–H and O–H groups in total. The van der Waals surface area contributed by atoms with Crippen molar-refractivity contribution in [3.05, 3.63) is 42.5 Å². The Balaban J connectivity index is 1.80. The largest absolute Gasteiger partial charge is 0.368 e. The third-order valence-electron chi connectivity index (χ3n) is 4.16. The minimum absolute atomic E-state index is 0.295. The van der Waals surface area contributed by atoms with E-state index in [1.807, 2.05) is 47.4 Å². The van der Waals surface area contributed by atoms with Gasteiger partial charge in [-0.2, -0.15) is 4.52 Å². The number of carbonyl (C=O) groups excluding carboxylic acids is 1. The van der Waals surface area contributed by atoms with Gasteiger partial charge in [-0.1, -0.05) is 30.3 Å². The smallest absolute Gasteiger partial charge is 0.240 e. The minimum Gasteiger partial charge on any atom is -0.368 e. The SMILES string of the molecule is NC(=O)[C@@H]1CCCN1c1ccc2nnc(-c3ccccc3)n2n1. The first-order chi connectivity index (χ1) is 11.2. The molecule has 4 rings (SSSR count). The predicted molar refractivity (Wildman–Crippen MR) is 85.8 cm³/mol. The van der Waals surface area contributed by atoms with Crippen LogP contribution in [0.2, 0.25) is 0 Å². The van der Waals surface area contributed by atoms with Crippen molar-refractivity contribution < 1.29 is 4.79 Å². The van der Waals surface area contributed by atoms with Gasteiger partial charge in [-0.3, -0.25) is 4.79 Å². The molecule has 7 heteroatoms. The number of hydrogen-bond donors (Lipinski definition) is 1. The molecule has 3 aromatic rings. The zero-order valence-electron chi connectivity index (χ0n) is 12.5. The number of benzene rings is 1. The van der Waals surface area contributed by atoms with Crippen LogP contribution in [0.15, 0.2) is 42.5 Å². The van der Waals surface area contributed by atoms with E-state index >= 15 is 0 Å². The fourth-order valence-electron chi connectivity index (χ4n) is 3.04. The molecule has 0 radical (unpaired) electrons. The van der Waals surface area contributed by atoms with Crippen LogP contribution in [0.5, 0.6) is 0 Å². The summed E-state index contributed by atoms with van der Waals surface area (Å²) < 4.78 is 1.71. The number of nitrogens with zero attached hydrogens (tertiary/aromatic N) is 5.